The Labute approximate surface area is 175 Å². The zero-order valence-corrected chi connectivity index (χ0v) is 17.1. The molecule has 0 fully saturated rings. The summed E-state index contributed by atoms with van der Waals surface area (Å²) in [4.78, 5) is 12.3. The Balaban J connectivity index is 1.68. The van der Waals surface area contributed by atoms with Crippen LogP contribution in [0.25, 0.3) is 11.4 Å². The normalized spacial score (nSPS) is 10.8. The molecule has 0 saturated carbocycles. The average Bonchev–Trinajstić information content (AvgIpc) is 3.01. The molecule has 0 atom stereocenters. The molecule has 0 aliphatic rings. The summed E-state index contributed by atoms with van der Waals surface area (Å²) in [5.74, 6) is 6.30. The molecule has 1 amide bonds. The molecule has 27 heavy (non-hydrogen) atoms. The van der Waals surface area contributed by atoms with E-state index in [0.717, 1.165) is 22.9 Å². The number of carbonyl (C=O) groups is 1. The zero-order chi connectivity index (χ0) is 19.6. The van der Waals surface area contributed by atoms with E-state index < -0.39 is 0 Å². The summed E-state index contributed by atoms with van der Waals surface area (Å²) in [6.07, 6.45) is 0. The van der Waals surface area contributed by atoms with E-state index in [1.807, 2.05) is 6.92 Å². The van der Waals surface area contributed by atoms with E-state index in [1.165, 1.54) is 4.68 Å². The van der Waals surface area contributed by atoms with Gasteiger partial charge in [-0.2, -0.15) is 0 Å². The number of amides is 1. The minimum absolute atomic E-state index is 0.0660. The first kappa shape index (κ1) is 19.8. The number of carbonyl (C=O) groups excluding carboxylic acids is 1. The number of nitrogen functional groups attached to an aromatic ring is 1. The standard InChI is InChI=1S/C17H14Cl3N5OS/c1-9-2-7-12(19)15(14(9)20)22-13(26)8-27-17-24-23-16(25(17)21)10-3-5-11(18)6-4-10/h2-7H,8,21H2,1H3,(H,22,26). The second kappa shape index (κ2) is 8.39. The summed E-state index contributed by atoms with van der Waals surface area (Å²) in [6.45, 7) is 1.83. The molecule has 6 nitrogen and oxygen atoms in total. The van der Waals surface area contributed by atoms with E-state index >= 15 is 0 Å². The minimum Gasteiger partial charge on any atom is -0.335 e. The number of anilines is 1. The molecular formula is C17H14Cl3N5OS. The van der Waals surface area contributed by atoms with Gasteiger partial charge in [0, 0.05) is 10.6 Å². The molecule has 0 radical (unpaired) electrons. The number of benzene rings is 2. The lowest BCUT2D eigenvalue weighted by Crippen LogP contribution is -2.17. The molecule has 2 aromatic carbocycles. The van der Waals surface area contributed by atoms with Crippen molar-refractivity contribution in [3.05, 3.63) is 57.0 Å². The highest BCUT2D eigenvalue weighted by Crippen LogP contribution is 2.33. The van der Waals surface area contributed by atoms with E-state index in [-0.39, 0.29) is 11.7 Å². The molecule has 140 valence electrons. The Morgan fingerprint density at radius 2 is 1.85 bits per heavy atom. The highest BCUT2D eigenvalue weighted by Gasteiger charge is 2.16. The fourth-order valence-electron chi connectivity index (χ4n) is 2.25. The van der Waals surface area contributed by atoms with Gasteiger partial charge in [0.1, 0.15) is 0 Å². The Bertz CT molecular complexity index is 991. The molecule has 3 aromatic rings. The topological polar surface area (TPSA) is 85.8 Å². The van der Waals surface area contributed by atoms with Gasteiger partial charge in [-0.3, -0.25) is 4.79 Å². The molecule has 0 saturated heterocycles. The number of hydrogen-bond donors (Lipinski definition) is 2. The van der Waals surface area contributed by atoms with Crippen LogP contribution in [-0.4, -0.2) is 26.5 Å². The number of rotatable bonds is 5. The first-order chi connectivity index (χ1) is 12.9. The van der Waals surface area contributed by atoms with Crippen LogP contribution >= 0.6 is 46.6 Å². The molecule has 0 aliphatic heterocycles. The number of nitrogens with one attached hydrogen (secondary N) is 1. The van der Waals surface area contributed by atoms with Crippen LogP contribution in [0.4, 0.5) is 5.69 Å². The van der Waals surface area contributed by atoms with Crippen molar-refractivity contribution >= 4 is 58.2 Å². The Kier molecular flexibility index (Phi) is 6.16. The molecule has 10 heteroatoms. The van der Waals surface area contributed by atoms with Gasteiger partial charge >= 0.3 is 0 Å². The average molecular weight is 443 g/mol. The van der Waals surface area contributed by atoms with Gasteiger partial charge in [0.15, 0.2) is 5.82 Å². The largest absolute Gasteiger partial charge is 0.335 e. The summed E-state index contributed by atoms with van der Waals surface area (Å²) in [5.41, 5.74) is 1.97. The van der Waals surface area contributed by atoms with Gasteiger partial charge in [-0.25, -0.2) is 4.68 Å². The fourth-order valence-corrected chi connectivity index (χ4v) is 3.50. The smallest absolute Gasteiger partial charge is 0.234 e. The van der Waals surface area contributed by atoms with Gasteiger partial charge in [0.2, 0.25) is 11.1 Å². The molecule has 0 spiro atoms. The highest BCUT2D eigenvalue weighted by atomic mass is 35.5. The summed E-state index contributed by atoms with van der Waals surface area (Å²) >= 11 is 19.3. The summed E-state index contributed by atoms with van der Waals surface area (Å²) in [7, 11) is 0. The van der Waals surface area contributed by atoms with Gasteiger partial charge in [-0.05, 0) is 42.8 Å². The maximum Gasteiger partial charge on any atom is 0.234 e. The Morgan fingerprint density at radius 3 is 2.56 bits per heavy atom. The van der Waals surface area contributed by atoms with Crippen molar-refractivity contribution in [1.29, 1.82) is 0 Å². The predicted octanol–water partition coefficient (Wildman–Crippen LogP) is 4.66. The Morgan fingerprint density at radius 1 is 1.15 bits per heavy atom. The maximum absolute atomic E-state index is 12.3. The summed E-state index contributed by atoms with van der Waals surface area (Å²) in [6, 6.07) is 10.5. The highest BCUT2D eigenvalue weighted by molar-refractivity contribution is 7.99. The van der Waals surface area contributed by atoms with E-state index in [4.69, 9.17) is 40.6 Å². The molecule has 0 bridgehead atoms. The first-order valence-corrected chi connectivity index (χ1v) is 9.82. The molecule has 3 rings (SSSR count). The third kappa shape index (κ3) is 4.50. The third-order valence-corrected chi connectivity index (χ3v) is 5.65. The number of hydrogen-bond acceptors (Lipinski definition) is 5. The number of thioether (sulfide) groups is 1. The molecule has 3 N–H and O–H groups in total. The van der Waals surface area contributed by atoms with Crippen molar-refractivity contribution in [2.75, 3.05) is 16.9 Å². The zero-order valence-electron chi connectivity index (χ0n) is 14.0. The second-order valence-electron chi connectivity index (χ2n) is 5.57. The minimum atomic E-state index is -0.287. The number of aryl methyl sites for hydroxylation is 1. The van der Waals surface area contributed by atoms with Crippen LogP contribution in [0.15, 0.2) is 41.6 Å². The number of nitrogens with zero attached hydrogens (tertiary/aromatic N) is 3. The van der Waals surface area contributed by atoms with Gasteiger partial charge in [-0.1, -0.05) is 52.6 Å². The number of aromatic nitrogens is 3. The van der Waals surface area contributed by atoms with E-state index in [1.54, 1.807) is 36.4 Å². The van der Waals surface area contributed by atoms with Crippen LogP contribution in [0.5, 0.6) is 0 Å². The SMILES string of the molecule is Cc1ccc(Cl)c(NC(=O)CSc2nnc(-c3ccc(Cl)cc3)n2N)c1Cl. The van der Waals surface area contributed by atoms with Crippen LogP contribution in [0.2, 0.25) is 15.1 Å². The number of nitrogens with two attached hydrogens (primary N) is 1. The van der Waals surface area contributed by atoms with Crippen molar-refractivity contribution in [1.82, 2.24) is 14.9 Å². The quantitative estimate of drug-likeness (QED) is 0.443. The van der Waals surface area contributed by atoms with Gasteiger partial charge in [0.05, 0.1) is 21.5 Å². The molecule has 1 heterocycles. The second-order valence-corrected chi connectivity index (χ2v) is 7.74. The lowest BCUT2D eigenvalue weighted by molar-refractivity contribution is -0.113. The van der Waals surface area contributed by atoms with Gasteiger partial charge in [-0.15, -0.1) is 10.2 Å². The molecular weight excluding hydrogens is 429 g/mol. The predicted molar refractivity (Wildman–Crippen MR) is 111 cm³/mol. The monoisotopic (exact) mass is 441 g/mol. The molecule has 0 unspecified atom stereocenters. The lowest BCUT2D eigenvalue weighted by atomic mass is 10.2. The van der Waals surface area contributed by atoms with Crippen molar-refractivity contribution in [2.45, 2.75) is 12.1 Å². The van der Waals surface area contributed by atoms with Crippen LogP contribution in [0.3, 0.4) is 0 Å². The van der Waals surface area contributed by atoms with Crippen molar-refractivity contribution in [3.8, 4) is 11.4 Å². The summed E-state index contributed by atoms with van der Waals surface area (Å²) in [5, 5.41) is 12.6. The van der Waals surface area contributed by atoms with Crippen molar-refractivity contribution in [2.24, 2.45) is 0 Å². The fraction of sp³-hybridized carbons (Fsp3) is 0.118. The van der Waals surface area contributed by atoms with E-state index in [9.17, 15) is 4.79 Å². The van der Waals surface area contributed by atoms with E-state index in [0.29, 0.717) is 31.7 Å². The summed E-state index contributed by atoms with van der Waals surface area (Å²) < 4.78 is 1.33. The van der Waals surface area contributed by atoms with Crippen LogP contribution in [0, 0.1) is 6.92 Å². The Hall–Kier alpha value is -1.93. The van der Waals surface area contributed by atoms with Crippen LogP contribution in [-0.2, 0) is 4.79 Å². The van der Waals surface area contributed by atoms with Crippen LogP contribution in [0.1, 0.15) is 5.56 Å². The van der Waals surface area contributed by atoms with Crippen molar-refractivity contribution in [3.63, 3.8) is 0 Å². The van der Waals surface area contributed by atoms with Gasteiger partial charge < -0.3 is 11.2 Å². The lowest BCUT2D eigenvalue weighted by Gasteiger charge is -2.11. The number of halogens is 3. The molecule has 1 aromatic heterocycles. The van der Waals surface area contributed by atoms with Crippen molar-refractivity contribution < 1.29 is 4.79 Å². The van der Waals surface area contributed by atoms with Crippen LogP contribution < -0.4 is 11.2 Å². The third-order valence-electron chi connectivity index (χ3n) is 3.65. The first-order valence-electron chi connectivity index (χ1n) is 7.70. The van der Waals surface area contributed by atoms with Gasteiger partial charge in [0.25, 0.3) is 0 Å². The van der Waals surface area contributed by atoms with E-state index in [2.05, 4.69) is 15.5 Å². The maximum atomic E-state index is 12.3. The molecule has 0 aliphatic carbocycles.